The average molecular weight is 561 g/mol. The van der Waals surface area contributed by atoms with Gasteiger partial charge in [-0.15, -0.1) is 0 Å². The van der Waals surface area contributed by atoms with Crippen LogP contribution in [0.25, 0.3) is 22.4 Å². The molecule has 0 amide bonds. The molecule has 12 heteroatoms. The van der Waals surface area contributed by atoms with Gasteiger partial charge in [-0.1, -0.05) is 20.3 Å². The molecule has 214 valence electrons. The molecule has 39 heavy (non-hydrogen) atoms. The summed E-state index contributed by atoms with van der Waals surface area (Å²) in [5.41, 5.74) is 3.73. The molecule has 3 heterocycles. The summed E-state index contributed by atoms with van der Waals surface area (Å²) in [5.74, 6) is 1.04. The van der Waals surface area contributed by atoms with Crippen molar-refractivity contribution in [3.05, 3.63) is 45.5 Å². The molecular formula is C27H38N5O6S-. The van der Waals surface area contributed by atoms with E-state index >= 15 is 0 Å². The maximum absolute atomic E-state index is 13.6. The van der Waals surface area contributed by atoms with Gasteiger partial charge >= 0.3 is 0 Å². The fourth-order valence-electron chi connectivity index (χ4n) is 5.15. The number of hydrogen-bond donors (Lipinski definition) is 2. The van der Waals surface area contributed by atoms with E-state index in [0.29, 0.717) is 80.4 Å². The molecule has 1 aliphatic rings. The molecule has 1 fully saturated rings. The highest BCUT2D eigenvalue weighted by molar-refractivity contribution is 7.89. The normalized spacial score (nSPS) is 15.3. The predicted molar refractivity (Wildman–Crippen MR) is 150 cm³/mol. The minimum atomic E-state index is -3.79. The van der Waals surface area contributed by atoms with E-state index in [1.165, 1.54) is 9.95 Å². The Morgan fingerprint density at radius 3 is 2.59 bits per heavy atom. The fraction of sp³-hybridized carbons (Fsp3) is 0.556. The Morgan fingerprint density at radius 2 is 1.92 bits per heavy atom. The molecule has 0 bridgehead atoms. The molecule has 0 spiro atoms. The van der Waals surface area contributed by atoms with Crippen LogP contribution in [0.4, 0.5) is 0 Å². The molecule has 3 aromatic rings. The number of aromatic nitrogens is 3. The van der Waals surface area contributed by atoms with Crippen molar-refractivity contribution in [3.63, 3.8) is 0 Å². The Kier molecular flexibility index (Phi) is 9.78. The van der Waals surface area contributed by atoms with Crippen molar-refractivity contribution in [2.75, 3.05) is 26.3 Å². The van der Waals surface area contributed by atoms with E-state index in [1.807, 2.05) is 24.6 Å². The second kappa shape index (κ2) is 13.1. The van der Waals surface area contributed by atoms with Gasteiger partial charge in [-0.25, -0.2) is 13.4 Å². The summed E-state index contributed by atoms with van der Waals surface area (Å²) >= 11 is 0. The van der Waals surface area contributed by atoms with Crippen LogP contribution in [-0.4, -0.2) is 53.6 Å². The van der Waals surface area contributed by atoms with E-state index in [9.17, 15) is 18.4 Å². The molecule has 1 aromatic carbocycles. The third-order valence-electron chi connectivity index (χ3n) is 7.22. The molecule has 0 saturated carbocycles. The number of aromatic amines is 1. The Labute approximate surface area is 229 Å². The first kappa shape index (κ1) is 29.2. The van der Waals surface area contributed by atoms with Crippen molar-refractivity contribution in [2.24, 2.45) is 5.92 Å². The van der Waals surface area contributed by atoms with Crippen LogP contribution in [0.2, 0.25) is 0 Å². The molecule has 2 aromatic heterocycles. The lowest BCUT2D eigenvalue weighted by molar-refractivity contribution is 0.0561. The summed E-state index contributed by atoms with van der Waals surface area (Å²) < 4.78 is 36.6. The summed E-state index contributed by atoms with van der Waals surface area (Å²) in [6.45, 7) is 8.19. The highest BCUT2D eigenvalue weighted by Gasteiger charge is 2.30. The minimum absolute atomic E-state index is 0.126. The molecule has 0 aliphatic carbocycles. The monoisotopic (exact) mass is 560 g/mol. The fourth-order valence-corrected chi connectivity index (χ4v) is 6.64. The highest BCUT2D eigenvalue weighted by Crippen LogP contribution is 2.34. The minimum Gasteiger partial charge on any atom is -0.765 e. The van der Waals surface area contributed by atoms with Crippen LogP contribution in [0, 0.1) is 11.1 Å². The maximum Gasteiger partial charge on any atom is 0.275 e. The van der Waals surface area contributed by atoms with Gasteiger partial charge in [0.1, 0.15) is 17.1 Å². The van der Waals surface area contributed by atoms with Gasteiger partial charge in [0.2, 0.25) is 10.0 Å². The van der Waals surface area contributed by atoms with Crippen LogP contribution in [-0.2, 0) is 27.8 Å². The maximum atomic E-state index is 13.6. The third kappa shape index (κ3) is 6.36. The number of aryl methyl sites for hydroxylation is 2. The molecule has 11 nitrogen and oxygen atoms in total. The van der Waals surface area contributed by atoms with Gasteiger partial charge in [0.15, 0.2) is 0 Å². The molecule has 1 aliphatic heterocycles. The van der Waals surface area contributed by atoms with Crippen molar-refractivity contribution in [2.45, 2.75) is 70.7 Å². The van der Waals surface area contributed by atoms with Crippen LogP contribution >= 0.6 is 0 Å². The zero-order valence-corrected chi connectivity index (χ0v) is 23.7. The Balaban J connectivity index is 1.71. The van der Waals surface area contributed by atoms with E-state index < -0.39 is 10.0 Å². The standard InChI is InChI=1S/C27H38N5O6S/c1-4-7-20-18-31(6-3)25-24(20)28-26(29-27(25)33)22-17-21(8-9-23(22)37-15-5-2)39(35,36)32-13-10-19(11-14-32)12-16-38-30-34/h8-9,17-19,30H,4-7,10-16H2,1-3H3,(H,28,29,33)/q-1. The van der Waals surface area contributed by atoms with Gasteiger partial charge in [0.05, 0.1) is 29.2 Å². The smallest absolute Gasteiger partial charge is 0.275 e. The summed E-state index contributed by atoms with van der Waals surface area (Å²) in [5, 5.41) is 10.3. The average Bonchev–Trinajstić information content (AvgIpc) is 3.30. The Hall–Kier alpha value is -2.77. The zero-order valence-electron chi connectivity index (χ0n) is 22.9. The molecule has 0 radical (unpaired) electrons. The van der Waals surface area contributed by atoms with Crippen molar-refractivity contribution >= 4 is 21.1 Å². The van der Waals surface area contributed by atoms with E-state index in [4.69, 9.17) is 9.72 Å². The third-order valence-corrected chi connectivity index (χ3v) is 9.12. The van der Waals surface area contributed by atoms with Crippen LogP contribution in [0.3, 0.4) is 0 Å². The summed E-state index contributed by atoms with van der Waals surface area (Å²) in [4.78, 5) is 25.8. The van der Waals surface area contributed by atoms with Crippen LogP contribution < -0.4 is 15.9 Å². The van der Waals surface area contributed by atoms with Crippen LogP contribution in [0.5, 0.6) is 5.75 Å². The van der Waals surface area contributed by atoms with Gasteiger partial charge in [-0.3, -0.25) is 10.4 Å². The van der Waals surface area contributed by atoms with Gasteiger partial charge in [0.25, 0.3) is 5.56 Å². The number of hydrogen-bond acceptors (Lipinski definition) is 8. The number of H-pyrrole nitrogens is 1. The lowest BCUT2D eigenvalue weighted by atomic mass is 9.95. The zero-order chi connectivity index (χ0) is 28.0. The van der Waals surface area contributed by atoms with Gasteiger partial charge in [0, 0.05) is 25.8 Å². The molecule has 4 rings (SSSR count). The van der Waals surface area contributed by atoms with E-state index in [2.05, 4.69) is 16.7 Å². The number of fused-ring (bicyclic) bond motifs is 1. The highest BCUT2D eigenvalue weighted by atomic mass is 32.2. The van der Waals surface area contributed by atoms with Crippen molar-refractivity contribution in [3.8, 4) is 17.1 Å². The Bertz CT molecular complexity index is 1430. The molecule has 0 unspecified atom stereocenters. The van der Waals surface area contributed by atoms with Gasteiger partial charge in [-0.2, -0.15) is 4.31 Å². The molecular weight excluding hydrogens is 522 g/mol. The second-order valence-corrected chi connectivity index (χ2v) is 11.8. The van der Waals surface area contributed by atoms with E-state index in [-0.39, 0.29) is 16.3 Å². The summed E-state index contributed by atoms with van der Waals surface area (Å²) in [7, 11) is -3.79. The van der Waals surface area contributed by atoms with E-state index in [0.717, 1.165) is 24.8 Å². The number of piperidine rings is 1. The quantitative estimate of drug-likeness (QED) is 0.236. The number of rotatable bonds is 13. The lowest BCUT2D eigenvalue weighted by Crippen LogP contribution is -2.38. The summed E-state index contributed by atoms with van der Waals surface area (Å²) in [6, 6.07) is 4.75. The lowest BCUT2D eigenvalue weighted by Gasteiger charge is -2.31. The van der Waals surface area contributed by atoms with Gasteiger partial charge < -0.3 is 24.3 Å². The second-order valence-electron chi connectivity index (χ2n) is 9.88. The Morgan fingerprint density at radius 1 is 1.15 bits per heavy atom. The largest absolute Gasteiger partial charge is 0.765 e. The number of benzene rings is 1. The first-order valence-corrected chi connectivity index (χ1v) is 15.2. The van der Waals surface area contributed by atoms with Crippen molar-refractivity contribution in [1.82, 2.24) is 24.5 Å². The number of ether oxygens (including phenoxy) is 1. The van der Waals surface area contributed by atoms with E-state index in [1.54, 1.807) is 18.2 Å². The van der Waals surface area contributed by atoms with Crippen molar-refractivity contribution in [1.29, 1.82) is 0 Å². The molecule has 0 atom stereocenters. The van der Waals surface area contributed by atoms with Gasteiger partial charge in [-0.05, 0) is 68.7 Å². The number of sulfonamides is 1. The first-order chi connectivity index (χ1) is 18.8. The van der Waals surface area contributed by atoms with Crippen LogP contribution in [0.15, 0.2) is 34.1 Å². The summed E-state index contributed by atoms with van der Waals surface area (Å²) in [6.07, 6.45) is 6.50. The number of nitrogens with zero attached hydrogens (tertiary/aromatic N) is 3. The predicted octanol–water partition coefficient (Wildman–Crippen LogP) is 3.96. The topological polar surface area (TPSA) is 142 Å². The molecule has 1 saturated heterocycles. The van der Waals surface area contributed by atoms with Crippen molar-refractivity contribution < 1.29 is 18.0 Å². The molecule has 2 N–H and O–H groups in total. The number of nitrogens with one attached hydrogen (secondary N) is 2. The first-order valence-electron chi connectivity index (χ1n) is 13.7. The van der Waals surface area contributed by atoms with Crippen LogP contribution in [0.1, 0.15) is 58.4 Å². The SMILES string of the molecule is CCCOc1ccc(S(=O)(=O)N2CCC(CCON[O-])CC2)cc1-c1nc2c(CCC)cn(CC)c2c(=O)[nH]1.